The lowest BCUT2D eigenvalue weighted by molar-refractivity contribution is 0.392. The molecule has 0 amide bonds. The van der Waals surface area contributed by atoms with Crippen LogP contribution in [0.5, 0.6) is 11.5 Å². The molecule has 0 atom stereocenters. The fourth-order valence-electron chi connectivity index (χ4n) is 3.43. The predicted molar refractivity (Wildman–Crippen MR) is 97.8 cm³/mol. The average molecular weight is 358 g/mol. The van der Waals surface area contributed by atoms with E-state index in [1.54, 1.807) is 25.3 Å². The summed E-state index contributed by atoms with van der Waals surface area (Å²) < 4.78 is 11.7. The first-order valence-electron chi connectivity index (χ1n) is 8.16. The van der Waals surface area contributed by atoms with Crippen LogP contribution in [-0.4, -0.2) is 23.8 Å². The van der Waals surface area contributed by atoms with E-state index in [0.29, 0.717) is 27.4 Å². The number of hydrogen-bond donors (Lipinski definition) is 1. The maximum atomic E-state index is 13.2. The Morgan fingerprint density at radius 1 is 1.12 bits per heavy atom. The fraction of sp³-hybridized carbons (Fsp3) is 0.333. The molecule has 0 saturated heterocycles. The average Bonchev–Trinajstić information content (AvgIpc) is 3.00. The Morgan fingerprint density at radius 2 is 1.92 bits per heavy atom. The standard InChI is InChI=1S/C18H18N2O4S/c1-23-10-7-8-12(13(9-10)24-2)20-17(21)15-11-5-3-4-6-14(11)25-16(15)19-18(20)22/h7-9H,3-6H2,1-2H3,(H,19,22). The van der Waals surface area contributed by atoms with Crippen molar-refractivity contribution in [3.05, 3.63) is 49.5 Å². The number of aromatic amines is 1. The molecule has 25 heavy (non-hydrogen) atoms. The maximum absolute atomic E-state index is 13.2. The number of rotatable bonds is 3. The van der Waals surface area contributed by atoms with Gasteiger partial charge in [0.05, 0.1) is 25.3 Å². The summed E-state index contributed by atoms with van der Waals surface area (Å²) in [5.41, 5.74) is 0.752. The number of aromatic nitrogens is 2. The molecule has 6 nitrogen and oxygen atoms in total. The van der Waals surface area contributed by atoms with E-state index in [4.69, 9.17) is 9.47 Å². The van der Waals surface area contributed by atoms with Gasteiger partial charge in [0.2, 0.25) is 0 Å². The van der Waals surface area contributed by atoms with Crippen molar-refractivity contribution in [2.45, 2.75) is 25.7 Å². The lowest BCUT2D eigenvalue weighted by atomic mass is 9.97. The van der Waals surface area contributed by atoms with Gasteiger partial charge in [-0.2, -0.15) is 0 Å². The third kappa shape index (κ3) is 2.46. The second-order valence-electron chi connectivity index (χ2n) is 6.02. The van der Waals surface area contributed by atoms with Crippen LogP contribution in [0.4, 0.5) is 0 Å². The van der Waals surface area contributed by atoms with Gasteiger partial charge in [0.1, 0.15) is 16.3 Å². The minimum Gasteiger partial charge on any atom is -0.497 e. The number of hydrogen-bond acceptors (Lipinski definition) is 5. The van der Waals surface area contributed by atoms with Gasteiger partial charge in [-0.1, -0.05) is 0 Å². The Labute approximate surface area is 147 Å². The zero-order valence-corrected chi connectivity index (χ0v) is 14.9. The highest BCUT2D eigenvalue weighted by atomic mass is 32.1. The Balaban J connectivity index is 2.03. The van der Waals surface area contributed by atoms with Crippen LogP contribution < -0.4 is 20.7 Å². The number of H-pyrrole nitrogens is 1. The van der Waals surface area contributed by atoms with E-state index >= 15 is 0 Å². The number of nitrogens with one attached hydrogen (secondary N) is 1. The topological polar surface area (TPSA) is 73.3 Å². The first-order valence-corrected chi connectivity index (χ1v) is 8.97. The Bertz CT molecular complexity index is 1080. The highest BCUT2D eigenvalue weighted by Gasteiger charge is 2.22. The molecule has 130 valence electrons. The molecule has 0 saturated carbocycles. The number of thiophene rings is 1. The Kier molecular flexibility index (Phi) is 3.88. The first kappa shape index (κ1) is 16.0. The van der Waals surface area contributed by atoms with Crippen molar-refractivity contribution in [3.8, 4) is 17.2 Å². The molecule has 7 heteroatoms. The number of ether oxygens (including phenoxy) is 2. The zero-order valence-electron chi connectivity index (χ0n) is 14.0. The second kappa shape index (κ2) is 6.07. The number of benzene rings is 1. The lowest BCUT2D eigenvalue weighted by Gasteiger charge is -2.13. The predicted octanol–water partition coefficient (Wildman–Crippen LogP) is 2.64. The summed E-state index contributed by atoms with van der Waals surface area (Å²) in [4.78, 5) is 30.5. The van der Waals surface area contributed by atoms with E-state index < -0.39 is 5.69 Å². The first-order chi connectivity index (χ1) is 12.1. The normalized spacial score (nSPS) is 13.7. The van der Waals surface area contributed by atoms with Crippen molar-refractivity contribution in [1.82, 2.24) is 9.55 Å². The molecule has 0 fully saturated rings. The van der Waals surface area contributed by atoms with Crippen LogP contribution in [0.1, 0.15) is 23.3 Å². The number of nitrogens with zero attached hydrogens (tertiary/aromatic N) is 1. The van der Waals surface area contributed by atoms with Crippen LogP contribution in [0.15, 0.2) is 27.8 Å². The summed E-state index contributed by atoms with van der Waals surface area (Å²) in [7, 11) is 3.06. The van der Waals surface area contributed by atoms with Crippen LogP contribution in [0, 0.1) is 0 Å². The third-order valence-corrected chi connectivity index (χ3v) is 5.85. The molecule has 2 heterocycles. The SMILES string of the molecule is COc1ccc(-n2c(=O)[nH]c3sc4c(c3c2=O)CCCC4)c(OC)c1. The molecule has 0 radical (unpaired) electrons. The van der Waals surface area contributed by atoms with Gasteiger partial charge in [-0.3, -0.25) is 9.78 Å². The summed E-state index contributed by atoms with van der Waals surface area (Å²) in [6, 6.07) is 5.03. The van der Waals surface area contributed by atoms with Crippen LogP contribution in [0.25, 0.3) is 15.9 Å². The molecular formula is C18H18N2O4S. The molecule has 0 bridgehead atoms. The Hall–Kier alpha value is -2.54. The van der Waals surface area contributed by atoms with E-state index in [1.165, 1.54) is 23.3 Å². The van der Waals surface area contributed by atoms with Crippen LogP contribution in [0.2, 0.25) is 0 Å². The highest BCUT2D eigenvalue weighted by molar-refractivity contribution is 7.18. The molecule has 0 aliphatic heterocycles. The zero-order chi connectivity index (χ0) is 17.6. The van der Waals surface area contributed by atoms with Crippen molar-refractivity contribution in [3.63, 3.8) is 0 Å². The van der Waals surface area contributed by atoms with Gasteiger partial charge in [0, 0.05) is 10.9 Å². The second-order valence-corrected chi connectivity index (χ2v) is 7.13. The summed E-state index contributed by atoms with van der Waals surface area (Å²) >= 11 is 1.53. The van der Waals surface area contributed by atoms with Gasteiger partial charge in [-0.25, -0.2) is 9.36 Å². The Morgan fingerprint density at radius 3 is 2.68 bits per heavy atom. The summed E-state index contributed by atoms with van der Waals surface area (Å²) in [5, 5.41) is 0.636. The summed E-state index contributed by atoms with van der Waals surface area (Å²) in [6.45, 7) is 0. The van der Waals surface area contributed by atoms with E-state index in [0.717, 1.165) is 35.8 Å². The van der Waals surface area contributed by atoms with Crippen molar-refractivity contribution < 1.29 is 9.47 Å². The molecule has 4 rings (SSSR count). The molecule has 1 N–H and O–H groups in total. The van der Waals surface area contributed by atoms with Gasteiger partial charge in [-0.15, -0.1) is 11.3 Å². The number of methoxy groups -OCH3 is 2. The van der Waals surface area contributed by atoms with Crippen LogP contribution in [-0.2, 0) is 12.8 Å². The summed E-state index contributed by atoms with van der Waals surface area (Å²) in [5.74, 6) is 1.01. The van der Waals surface area contributed by atoms with Gasteiger partial charge in [0.15, 0.2) is 0 Å². The molecule has 0 unspecified atom stereocenters. The quantitative estimate of drug-likeness (QED) is 0.781. The van der Waals surface area contributed by atoms with Crippen molar-refractivity contribution in [1.29, 1.82) is 0 Å². The molecule has 2 aromatic heterocycles. The molecule has 1 aliphatic carbocycles. The molecule has 3 aromatic rings. The van der Waals surface area contributed by atoms with Crippen molar-refractivity contribution in [2.75, 3.05) is 14.2 Å². The largest absolute Gasteiger partial charge is 0.497 e. The van der Waals surface area contributed by atoms with E-state index in [2.05, 4.69) is 4.98 Å². The van der Waals surface area contributed by atoms with Gasteiger partial charge >= 0.3 is 5.69 Å². The van der Waals surface area contributed by atoms with Gasteiger partial charge < -0.3 is 9.47 Å². The smallest absolute Gasteiger partial charge is 0.334 e. The highest BCUT2D eigenvalue weighted by Crippen LogP contribution is 2.33. The fourth-order valence-corrected chi connectivity index (χ4v) is 4.70. The minimum absolute atomic E-state index is 0.290. The van der Waals surface area contributed by atoms with E-state index in [-0.39, 0.29) is 5.56 Å². The lowest BCUT2D eigenvalue weighted by Crippen LogP contribution is -2.33. The molecular weight excluding hydrogens is 340 g/mol. The molecule has 1 aromatic carbocycles. The van der Waals surface area contributed by atoms with Crippen molar-refractivity contribution >= 4 is 21.6 Å². The minimum atomic E-state index is -0.459. The maximum Gasteiger partial charge on any atom is 0.334 e. The van der Waals surface area contributed by atoms with Crippen LogP contribution >= 0.6 is 11.3 Å². The van der Waals surface area contributed by atoms with E-state index in [9.17, 15) is 9.59 Å². The molecule has 0 spiro atoms. The van der Waals surface area contributed by atoms with Crippen LogP contribution in [0.3, 0.4) is 0 Å². The van der Waals surface area contributed by atoms with Gasteiger partial charge in [0.25, 0.3) is 5.56 Å². The monoisotopic (exact) mass is 358 g/mol. The number of fused-ring (bicyclic) bond motifs is 3. The van der Waals surface area contributed by atoms with E-state index in [1.807, 2.05) is 0 Å². The van der Waals surface area contributed by atoms with Crippen molar-refractivity contribution in [2.24, 2.45) is 0 Å². The molecule has 1 aliphatic rings. The summed E-state index contributed by atoms with van der Waals surface area (Å²) in [6.07, 6.45) is 4.06. The number of aryl methyl sites for hydroxylation is 2. The third-order valence-electron chi connectivity index (χ3n) is 4.64. The van der Waals surface area contributed by atoms with Gasteiger partial charge in [-0.05, 0) is 43.4 Å².